The normalized spacial score (nSPS) is 13.4. The smallest absolute Gasteiger partial charge is 0.312 e. The van der Waals surface area contributed by atoms with Gasteiger partial charge in [0.05, 0.1) is 18.4 Å². The summed E-state index contributed by atoms with van der Waals surface area (Å²) in [7, 11) is 2.14. The minimum Gasteiger partial charge on any atom is -0.348 e. The van der Waals surface area contributed by atoms with Crippen molar-refractivity contribution in [1.82, 2.24) is 4.67 Å². The molecule has 1 aliphatic heterocycles. The topological polar surface area (TPSA) is 17.3 Å². The van der Waals surface area contributed by atoms with E-state index in [4.69, 9.17) is 0 Å². The highest BCUT2D eigenvalue weighted by molar-refractivity contribution is 6.28. The maximum Gasteiger partial charge on any atom is 0.312 e. The Morgan fingerprint density at radius 2 is 1.16 bits per heavy atom. The Hall–Kier alpha value is -6.21. The molecule has 0 N–H and O–H groups in total. The minimum atomic E-state index is 0.961. The predicted molar refractivity (Wildman–Crippen MR) is 216 cm³/mol. The van der Waals surface area contributed by atoms with Gasteiger partial charge in [-0.15, -0.1) is 4.67 Å². The Bertz CT molecular complexity index is 2510. The molecule has 0 unspecified atom stereocenters. The zero-order valence-electron chi connectivity index (χ0n) is 28.4. The molecule has 7 aromatic rings. The van der Waals surface area contributed by atoms with Crippen LogP contribution in [0.4, 0.5) is 5.69 Å². The summed E-state index contributed by atoms with van der Waals surface area (Å²) in [6, 6.07) is 51.3. The molecule has 0 spiro atoms. The summed E-state index contributed by atoms with van der Waals surface area (Å²) in [6.45, 7) is 6.30. The highest BCUT2D eigenvalue weighted by Crippen LogP contribution is 2.58. The van der Waals surface area contributed by atoms with Gasteiger partial charge < -0.3 is 4.90 Å². The lowest BCUT2D eigenvalue weighted by Gasteiger charge is -2.22. The van der Waals surface area contributed by atoms with Gasteiger partial charge in [0.2, 0.25) is 0 Å². The highest BCUT2D eigenvalue weighted by Gasteiger charge is 2.31. The molecule has 0 amide bonds. The van der Waals surface area contributed by atoms with Crippen LogP contribution in [0.15, 0.2) is 163 Å². The Morgan fingerprint density at radius 1 is 0.600 bits per heavy atom. The summed E-state index contributed by atoms with van der Waals surface area (Å²) in [5.74, 6) is 0. The molecule has 2 heteroatoms. The van der Waals surface area contributed by atoms with E-state index in [0.29, 0.717) is 0 Å². The molecule has 0 radical (unpaired) electrons. The molecular weight excluding hydrogens is 605 g/mol. The third-order valence-corrected chi connectivity index (χ3v) is 10.6. The van der Waals surface area contributed by atoms with E-state index in [9.17, 15) is 0 Å². The fourth-order valence-electron chi connectivity index (χ4n) is 8.24. The minimum absolute atomic E-state index is 0.961. The number of hydrogen-bond donors (Lipinski definition) is 0. The van der Waals surface area contributed by atoms with Crippen molar-refractivity contribution in [3.63, 3.8) is 0 Å². The fraction of sp³-hybridized carbons (Fsp3) is 0.0833. The van der Waals surface area contributed by atoms with E-state index in [2.05, 4.69) is 170 Å². The predicted octanol–water partition coefficient (Wildman–Crippen LogP) is 11.9. The first-order valence-corrected chi connectivity index (χ1v) is 17.5. The summed E-state index contributed by atoms with van der Waals surface area (Å²) in [4.78, 5) is 2.26. The van der Waals surface area contributed by atoms with Crippen LogP contribution in [0.3, 0.4) is 0 Å². The molecule has 1 heterocycles. The number of rotatable bonds is 7. The van der Waals surface area contributed by atoms with Crippen molar-refractivity contribution in [3.05, 3.63) is 163 Å². The maximum absolute atomic E-state index is 4.65. The molecule has 1 aliphatic carbocycles. The molecule has 238 valence electrons. The summed E-state index contributed by atoms with van der Waals surface area (Å²) >= 11 is 0. The molecule has 7 aromatic carbocycles. The van der Waals surface area contributed by atoms with E-state index in [1.807, 2.05) is 12.3 Å². The first-order chi connectivity index (χ1) is 24.6. The molecule has 50 heavy (non-hydrogen) atoms. The number of hydrogen-bond acceptors (Lipinski definition) is 1. The quantitative estimate of drug-likeness (QED) is 0.125. The fourth-order valence-corrected chi connectivity index (χ4v) is 8.24. The van der Waals surface area contributed by atoms with Gasteiger partial charge in [0.25, 0.3) is 6.21 Å². The first kappa shape index (κ1) is 29.9. The second-order valence-corrected chi connectivity index (χ2v) is 13.3. The number of allylic oxidation sites excluding steroid dienone is 3. The number of nitrogens with zero attached hydrogens (tertiary/aromatic N) is 2. The third kappa shape index (κ3) is 4.61. The van der Waals surface area contributed by atoms with Crippen molar-refractivity contribution in [3.8, 4) is 55.6 Å². The van der Waals surface area contributed by atoms with Crippen molar-refractivity contribution < 1.29 is 0 Å². The molecule has 0 bridgehead atoms. The molecule has 0 saturated heterocycles. The van der Waals surface area contributed by atoms with Crippen molar-refractivity contribution in [2.75, 3.05) is 11.9 Å². The Morgan fingerprint density at radius 3 is 1.78 bits per heavy atom. The third-order valence-electron chi connectivity index (χ3n) is 10.6. The van der Waals surface area contributed by atoms with Crippen molar-refractivity contribution >= 4 is 39.2 Å². The molecule has 0 atom stereocenters. The molecule has 0 fully saturated rings. The van der Waals surface area contributed by atoms with E-state index in [-0.39, 0.29) is 0 Å². The van der Waals surface area contributed by atoms with Crippen LogP contribution in [0.2, 0.25) is 0 Å². The summed E-state index contributed by atoms with van der Waals surface area (Å²) in [6.07, 6.45) is 5.91. The van der Waals surface area contributed by atoms with E-state index >= 15 is 0 Å². The van der Waals surface area contributed by atoms with Crippen LogP contribution in [-0.2, 0) is 0 Å². The lowest BCUT2D eigenvalue weighted by molar-refractivity contribution is 1.07. The van der Waals surface area contributed by atoms with Crippen LogP contribution in [-0.4, -0.2) is 19.0 Å². The lowest BCUT2D eigenvalue weighted by atomic mass is 9.82. The van der Waals surface area contributed by atoms with Crippen molar-refractivity contribution in [2.45, 2.75) is 19.8 Å². The number of benzene rings is 7. The molecular formula is C48H37N2+. The second-order valence-electron chi connectivity index (χ2n) is 13.3. The van der Waals surface area contributed by atoms with E-state index in [1.54, 1.807) is 0 Å². The van der Waals surface area contributed by atoms with E-state index in [0.717, 1.165) is 35.5 Å². The van der Waals surface area contributed by atoms with Crippen LogP contribution in [0.5, 0.6) is 0 Å². The molecule has 0 saturated carbocycles. The van der Waals surface area contributed by atoms with Gasteiger partial charge in [0.15, 0.2) is 0 Å². The number of anilines is 1. The summed E-state index contributed by atoms with van der Waals surface area (Å²) in [5, 5.41) is 5.15. The lowest BCUT2D eigenvalue weighted by Crippen LogP contribution is -2.18. The van der Waals surface area contributed by atoms with Crippen LogP contribution in [0, 0.1) is 0 Å². The van der Waals surface area contributed by atoms with Gasteiger partial charge in [-0.2, -0.15) is 0 Å². The standard InChI is InChI=1S/C48H37N2/c1-4-36(43-26-15-29-49-43)31(2)50(3)35-21-13-20-34(30-35)37-27-28-42-46-38(37)24-14-25-41(46)47-44(32-16-7-5-8-17-32)39-22-11-12-23-40(39)45(48(42)47)33-18-9-6-10-19-33/h4-14,16-25,27-30H,1,15,26H2,2-3H3/q+1. The molecule has 2 nitrogen and oxygen atoms in total. The van der Waals surface area contributed by atoms with Crippen LogP contribution < -0.4 is 9.57 Å². The maximum atomic E-state index is 4.65. The highest BCUT2D eigenvalue weighted by atomic mass is 15.1. The summed E-state index contributed by atoms with van der Waals surface area (Å²) < 4.78 is 4.65. The Labute approximate surface area is 293 Å². The largest absolute Gasteiger partial charge is 0.348 e. The average Bonchev–Trinajstić information content (AvgIpc) is 3.83. The zero-order valence-corrected chi connectivity index (χ0v) is 28.4. The van der Waals surface area contributed by atoms with Gasteiger partial charge >= 0.3 is 5.71 Å². The van der Waals surface area contributed by atoms with Gasteiger partial charge in [-0.1, -0.05) is 140 Å². The van der Waals surface area contributed by atoms with Gasteiger partial charge in [-0.3, -0.25) is 0 Å². The molecule has 0 aromatic heterocycles. The average molecular weight is 642 g/mol. The van der Waals surface area contributed by atoms with Gasteiger partial charge in [0, 0.05) is 18.4 Å². The monoisotopic (exact) mass is 641 g/mol. The first-order valence-electron chi connectivity index (χ1n) is 17.5. The van der Waals surface area contributed by atoms with Gasteiger partial charge in [0.1, 0.15) is 0 Å². The molecule has 2 aliphatic rings. The SMILES string of the molecule is C=C/C(C1=[N+]=CCC1)=C(\C)N(C)c1cccc(-c2ccc3c4c(cccc24)-c2c-3c(-c3ccccc3)c3ccccc3c2-c2ccccc2)c1. The Kier molecular flexibility index (Phi) is 7.20. The Balaban J connectivity index is 1.29. The second kappa shape index (κ2) is 12.0. The van der Waals surface area contributed by atoms with Crippen molar-refractivity contribution in [2.24, 2.45) is 0 Å². The van der Waals surface area contributed by atoms with E-state index < -0.39 is 0 Å². The number of fused-ring (bicyclic) bond motifs is 4. The van der Waals surface area contributed by atoms with Crippen LogP contribution >= 0.6 is 0 Å². The molecule has 9 rings (SSSR count). The van der Waals surface area contributed by atoms with E-state index in [1.165, 1.54) is 77.2 Å². The van der Waals surface area contributed by atoms with Crippen LogP contribution in [0.1, 0.15) is 19.8 Å². The van der Waals surface area contributed by atoms with Crippen molar-refractivity contribution in [1.29, 1.82) is 0 Å². The van der Waals surface area contributed by atoms with Gasteiger partial charge in [-0.25, -0.2) is 0 Å². The zero-order chi connectivity index (χ0) is 33.8. The van der Waals surface area contributed by atoms with Crippen LogP contribution in [0.25, 0.3) is 77.2 Å². The van der Waals surface area contributed by atoms with Gasteiger partial charge in [-0.05, 0) is 96.2 Å². The summed E-state index contributed by atoms with van der Waals surface area (Å²) in [5.41, 5.74) is 17.3.